The highest BCUT2D eigenvalue weighted by Gasteiger charge is 2.23. The van der Waals surface area contributed by atoms with Crippen molar-refractivity contribution >= 4 is 5.91 Å². The lowest BCUT2D eigenvalue weighted by atomic mass is 10.00. The van der Waals surface area contributed by atoms with Crippen molar-refractivity contribution in [3.63, 3.8) is 0 Å². The SMILES string of the molecule is CC(=O)N1CCCC[C@H]1CCO. The summed E-state index contributed by atoms with van der Waals surface area (Å²) in [5.74, 6) is 0.146. The Morgan fingerprint density at radius 3 is 2.92 bits per heavy atom. The fraction of sp³-hybridized carbons (Fsp3) is 0.889. The van der Waals surface area contributed by atoms with Crippen LogP contribution in [-0.4, -0.2) is 35.1 Å². The number of rotatable bonds is 2. The van der Waals surface area contributed by atoms with Gasteiger partial charge in [0.25, 0.3) is 0 Å². The third-order valence-electron chi connectivity index (χ3n) is 2.49. The second-order valence-corrected chi connectivity index (χ2v) is 3.37. The molecule has 0 bridgehead atoms. The van der Waals surface area contributed by atoms with Crippen molar-refractivity contribution in [2.75, 3.05) is 13.2 Å². The second kappa shape index (κ2) is 4.45. The largest absolute Gasteiger partial charge is 0.396 e. The molecule has 0 saturated carbocycles. The van der Waals surface area contributed by atoms with Crippen LogP contribution >= 0.6 is 0 Å². The van der Waals surface area contributed by atoms with E-state index in [1.54, 1.807) is 6.92 Å². The molecule has 0 spiro atoms. The lowest BCUT2D eigenvalue weighted by Gasteiger charge is -2.34. The topological polar surface area (TPSA) is 40.5 Å². The molecule has 1 rings (SSSR count). The molecule has 1 amide bonds. The molecule has 1 heterocycles. The van der Waals surface area contributed by atoms with Gasteiger partial charge in [0.2, 0.25) is 5.91 Å². The number of likely N-dealkylation sites (tertiary alicyclic amines) is 1. The van der Waals surface area contributed by atoms with Gasteiger partial charge in [0.05, 0.1) is 0 Å². The van der Waals surface area contributed by atoms with Gasteiger partial charge < -0.3 is 10.0 Å². The minimum absolute atomic E-state index is 0.146. The molecular weight excluding hydrogens is 154 g/mol. The standard InChI is InChI=1S/C9H17NO2/c1-8(12)10-6-3-2-4-9(10)5-7-11/h9,11H,2-7H2,1H3/t9-/m0/s1. The Hall–Kier alpha value is -0.570. The number of hydrogen-bond donors (Lipinski definition) is 1. The van der Waals surface area contributed by atoms with Gasteiger partial charge in [-0.2, -0.15) is 0 Å². The smallest absolute Gasteiger partial charge is 0.219 e. The second-order valence-electron chi connectivity index (χ2n) is 3.37. The molecule has 0 aliphatic carbocycles. The van der Waals surface area contributed by atoms with Crippen molar-refractivity contribution in [1.29, 1.82) is 0 Å². The van der Waals surface area contributed by atoms with Crippen molar-refractivity contribution in [3.05, 3.63) is 0 Å². The molecule has 1 N–H and O–H groups in total. The molecule has 3 nitrogen and oxygen atoms in total. The van der Waals surface area contributed by atoms with Crippen LogP contribution in [0.2, 0.25) is 0 Å². The zero-order chi connectivity index (χ0) is 8.97. The van der Waals surface area contributed by atoms with Crippen LogP contribution in [0.3, 0.4) is 0 Å². The Morgan fingerprint density at radius 2 is 2.33 bits per heavy atom. The normalized spacial score (nSPS) is 24.2. The van der Waals surface area contributed by atoms with E-state index in [1.165, 1.54) is 6.42 Å². The van der Waals surface area contributed by atoms with E-state index in [4.69, 9.17) is 5.11 Å². The van der Waals surface area contributed by atoms with Crippen LogP contribution in [-0.2, 0) is 4.79 Å². The Labute approximate surface area is 73.4 Å². The number of aliphatic hydroxyl groups is 1. The van der Waals surface area contributed by atoms with Gasteiger partial charge in [0, 0.05) is 26.1 Å². The monoisotopic (exact) mass is 171 g/mol. The minimum atomic E-state index is 0.146. The van der Waals surface area contributed by atoms with E-state index in [1.807, 2.05) is 4.90 Å². The molecule has 0 radical (unpaired) electrons. The highest BCUT2D eigenvalue weighted by Crippen LogP contribution is 2.19. The number of carbonyl (C=O) groups is 1. The summed E-state index contributed by atoms with van der Waals surface area (Å²) in [5, 5.41) is 8.78. The predicted octanol–water partition coefficient (Wildman–Crippen LogP) is 0.770. The van der Waals surface area contributed by atoms with Crippen molar-refractivity contribution < 1.29 is 9.90 Å². The maximum Gasteiger partial charge on any atom is 0.219 e. The number of nitrogens with zero attached hydrogens (tertiary/aromatic N) is 1. The van der Waals surface area contributed by atoms with Crippen molar-refractivity contribution in [1.82, 2.24) is 4.90 Å². The summed E-state index contributed by atoms with van der Waals surface area (Å²) < 4.78 is 0. The van der Waals surface area contributed by atoms with E-state index in [2.05, 4.69) is 0 Å². The number of piperidine rings is 1. The van der Waals surface area contributed by atoms with Gasteiger partial charge in [0.1, 0.15) is 0 Å². The lowest BCUT2D eigenvalue weighted by Crippen LogP contribution is -2.42. The third-order valence-corrected chi connectivity index (χ3v) is 2.49. The summed E-state index contributed by atoms with van der Waals surface area (Å²) in [4.78, 5) is 13.0. The summed E-state index contributed by atoms with van der Waals surface area (Å²) in [6.07, 6.45) is 4.09. The highest BCUT2D eigenvalue weighted by atomic mass is 16.3. The maximum atomic E-state index is 11.1. The number of hydrogen-bond acceptors (Lipinski definition) is 2. The lowest BCUT2D eigenvalue weighted by molar-refractivity contribution is -0.132. The quantitative estimate of drug-likeness (QED) is 0.666. The maximum absolute atomic E-state index is 11.1. The van der Waals surface area contributed by atoms with Crippen LogP contribution < -0.4 is 0 Å². The Kier molecular flexibility index (Phi) is 3.53. The van der Waals surface area contributed by atoms with Gasteiger partial charge in [-0.1, -0.05) is 0 Å². The molecule has 1 atom stereocenters. The van der Waals surface area contributed by atoms with Crippen LogP contribution in [0.15, 0.2) is 0 Å². The molecule has 0 aromatic heterocycles. The Balaban J connectivity index is 2.48. The van der Waals surface area contributed by atoms with Gasteiger partial charge in [-0.25, -0.2) is 0 Å². The molecule has 1 fully saturated rings. The van der Waals surface area contributed by atoms with Crippen molar-refractivity contribution in [2.45, 2.75) is 38.6 Å². The van der Waals surface area contributed by atoms with Crippen LogP contribution in [0.1, 0.15) is 32.6 Å². The average Bonchev–Trinajstić information content (AvgIpc) is 2.05. The summed E-state index contributed by atoms with van der Waals surface area (Å²) in [6, 6.07) is 0.293. The summed E-state index contributed by atoms with van der Waals surface area (Å²) in [6.45, 7) is 2.67. The van der Waals surface area contributed by atoms with E-state index >= 15 is 0 Å². The first-order valence-corrected chi connectivity index (χ1v) is 4.63. The van der Waals surface area contributed by atoms with E-state index in [0.29, 0.717) is 6.04 Å². The Bertz CT molecular complexity index is 157. The molecule has 12 heavy (non-hydrogen) atoms. The molecule has 1 aliphatic rings. The molecule has 0 aromatic rings. The molecular formula is C9H17NO2. The zero-order valence-corrected chi connectivity index (χ0v) is 7.62. The van der Waals surface area contributed by atoms with Gasteiger partial charge >= 0.3 is 0 Å². The average molecular weight is 171 g/mol. The van der Waals surface area contributed by atoms with Gasteiger partial charge in [-0.05, 0) is 25.7 Å². The van der Waals surface area contributed by atoms with E-state index in [-0.39, 0.29) is 12.5 Å². The zero-order valence-electron chi connectivity index (χ0n) is 7.62. The summed E-state index contributed by atoms with van der Waals surface area (Å²) >= 11 is 0. The molecule has 70 valence electrons. The number of amides is 1. The van der Waals surface area contributed by atoms with Crippen molar-refractivity contribution in [2.24, 2.45) is 0 Å². The van der Waals surface area contributed by atoms with Gasteiger partial charge in [0.15, 0.2) is 0 Å². The number of carbonyl (C=O) groups excluding carboxylic acids is 1. The molecule has 1 saturated heterocycles. The van der Waals surface area contributed by atoms with Gasteiger partial charge in [-0.15, -0.1) is 0 Å². The number of aliphatic hydroxyl groups excluding tert-OH is 1. The minimum Gasteiger partial charge on any atom is -0.396 e. The van der Waals surface area contributed by atoms with Crippen LogP contribution in [0.4, 0.5) is 0 Å². The first-order valence-electron chi connectivity index (χ1n) is 4.63. The van der Waals surface area contributed by atoms with Crippen LogP contribution in [0.5, 0.6) is 0 Å². The Morgan fingerprint density at radius 1 is 1.58 bits per heavy atom. The van der Waals surface area contributed by atoms with Crippen LogP contribution in [0.25, 0.3) is 0 Å². The first kappa shape index (κ1) is 9.52. The molecule has 3 heteroatoms. The van der Waals surface area contributed by atoms with Crippen molar-refractivity contribution in [3.8, 4) is 0 Å². The molecule has 1 aliphatic heterocycles. The highest BCUT2D eigenvalue weighted by molar-refractivity contribution is 5.73. The summed E-state index contributed by atoms with van der Waals surface area (Å²) in [7, 11) is 0. The molecule has 0 aromatic carbocycles. The van der Waals surface area contributed by atoms with E-state index in [9.17, 15) is 4.79 Å². The van der Waals surface area contributed by atoms with E-state index < -0.39 is 0 Å². The first-order chi connectivity index (χ1) is 5.75. The van der Waals surface area contributed by atoms with Gasteiger partial charge in [-0.3, -0.25) is 4.79 Å². The fourth-order valence-corrected chi connectivity index (χ4v) is 1.86. The summed E-state index contributed by atoms with van der Waals surface area (Å²) in [5.41, 5.74) is 0. The van der Waals surface area contributed by atoms with E-state index in [0.717, 1.165) is 25.8 Å². The third kappa shape index (κ3) is 2.21. The molecule has 0 unspecified atom stereocenters. The predicted molar refractivity (Wildman–Crippen MR) is 46.7 cm³/mol. The van der Waals surface area contributed by atoms with Crippen LogP contribution in [0, 0.1) is 0 Å². The fourth-order valence-electron chi connectivity index (χ4n) is 1.86.